The van der Waals surface area contributed by atoms with Gasteiger partial charge in [0.25, 0.3) is 0 Å². The summed E-state index contributed by atoms with van der Waals surface area (Å²) in [7, 11) is 0. The number of rotatable bonds is 57. The molecule has 1 amide bonds. The number of allylic oxidation sites excluding steroid dienone is 6. The summed E-state index contributed by atoms with van der Waals surface area (Å²) < 4.78 is 5.48. The molecule has 0 heterocycles. The standard InChI is InChI=1S/C63H119NO5/c1-3-5-7-9-11-13-15-17-28-33-37-41-45-49-53-57-63(68)69-58-54-50-46-42-38-34-30-27-25-23-21-19-20-22-24-26-29-32-36-40-44-48-52-56-62(67)64-60(59-65)61(66)55-51-47-43-39-35-31-18-16-14-12-10-8-6-4-2/h17,19,21-22,24,28,60-61,65-66H,3-16,18,20,23,25-27,29-59H2,1-2H3,(H,64,67)/b21-19-,24-22-,28-17-. The molecule has 69 heavy (non-hydrogen) atoms. The molecule has 0 spiro atoms. The molecule has 0 radical (unpaired) electrons. The lowest BCUT2D eigenvalue weighted by atomic mass is 10.0. The van der Waals surface area contributed by atoms with Gasteiger partial charge in [0.1, 0.15) is 0 Å². The molecule has 0 aliphatic rings. The van der Waals surface area contributed by atoms with Gasteiger partial charge in [-0.25, -0.2) is 0 Å². The third-order valence-electron chi connectivity index (χ3n) is 14.2. The zero-order chi connectivity index (χ0) is 50.0. The van der Waals surface area contributed by atoms with Crippen LogP contribution in [0.4, 0.5) is 0 Å². The van der Waals surface area contributed by atoms with Crippen molar-refractivity contribution in [2.24, 2.45) is 0 Å². The highest BCUT2D eigenvalue weighted by Gasteiger charge is 2.20. The third-order valence-corrected chi connectivity index (χ3v) is 14.2. The maximum Gasteiger partial charge on any atom is 0.305 e. The van der Waals surface area contributed by atoms with Crippen molar-refractivity contribution in [2.75, 3.05) is 13.2 Å². The number of carbonyl (C=O) groups is 2. The summed E-state index contributed by atoms with van der Waals surface area (Å²) in [6.45, 7) is 4.94. The van der Waals surface area contributed by atoms with E-state index in [0.29, 0.717) is 25.9 Å². The molecule has 2 atom stereocenters. The van der Waals surface area contributed by atoms with Crippen LogP contribution in [0.3, 0.4) is 0 Å². The van der Waals surface area contributed by atoms with Crippen LogP contribution < -0.4 is 5.32 Å². The fraction of sp³-hybridized carbons (Fsp3) is 0.873. The first-order valence-corrected chi connectivity index (χ1v) is 30.7. The van der Waals surface area contributed by atoms with E-state index in [-0.39, 0.29) is 18.5 Å². The van der Waals surface area contributed by atoms with Crippen LogP contribution in [0.1, 0.15) is 328 Å². The topological polar surface area (TPSA) is 95.9 Å². The predicted octanol–water partition coefficient (Wildman–Crippen LogP) is 19.2. The molecule has 0 fully saturated rings. The SMILES string of the molecule is CCCCCCCC/C=C\CCCCCCCC(=O)OCCCCCCCCCCC/C=C\C/C=C\CCCCCCCCCC(=O)NC(CO)C(O)CCCCCCCCCCCCCCCC. The first-order chi connectivity index (χ1) is 34.0. The Hall–Kier alpha value is -1.92. The normalized spacial score (nSPS) is 12.8. The highest BCUT2D eigenvalue weighted by Crippen LogP contribution is 2.17. The molecule has 0 bridgehead atoms. The van der Waals surface area contributed by atoms with Gasteiger partial charge in [0, 0.05) is 12.8 Å². The second-order valence-corrected chi connectivity index (χ2v) is 21.0. The molecule has 0 aromatic carbocycles. The molecule has 406 valence electrons. The molecule has 6 heteroatoms. The van der Waals surface area contributed by atoms with Crippen LogP contribution in [-0.4, -0.2) is 47.4 Å². The number of amides is 1. The zero-order valence-corrected chi connectivity index (χ0v) is 46.3. The molecule has 0 aliphatic carbocycles. The molecule has 0 aromatic rings. The van der Waals surface area contributed by atoms with Crippen LogP contribution in [0.5, 0.6) is 0 Å². The zero-order valence-electron chi connectivity index (χ0n) is 46.3. The summed E-state index contributed by atoms with van der Waals surface area (Å²) in [5.41, 5.74) is 0. The number of ether oxygens (including phenoxy) is 1. The van der Waals surface area contributed by atoms with Gasteiger partial charge in [0.15, 0.2) is 0 Å². The van der Waals surface area contributed by atoms with Gasteiger partial charge in [-0.15, -0.1) is 0 Å². The van der Waals surface area contributed by atoms with Gasteiger partial charge < -0.3 is 20.3 Å². The summed E-state index contributed by atoms with van der Waals surface area (Å²) >= 11 is 0. The van der Waals surface area contributed by atoms with E-state index in [1.807, 2.05) is 0 Å². The van der Waals surface area contributed by atoms with E-state index in [9.17, 15) is 19.8 Å². The average Bonchev–Trinajstić information content (AvgIpc) is 3.35. The molecule has 6 nitrogen and oxygen atoms in total. The minimum Gasteiger partial charge on any atom is -0.466 e. The fourth-order valence-corrected chi connectivity index (χ4v) is 9.43. The monoisotopic (exact) mass is 970 g/mol. The van der Waals surface area contributed by atoms with Crippen molar-refractivity contribution in [2.45, 2.75) is 341 Å². The predicted molar refractivity (Wildman–Crippen MR) is 301 cm³/mol. The molecular weight excluding hydrogens is 851 g/mol. The van der Waals surface area contributed by atoms with E-state index in [0.717, 1.165) is 57.8 Å². The summed E-state index contributed by atoms with van der Waals surface area (Å²) in [5, 5.41) is 23.3. The highest BCUT2D eigenvalue weighted by molar-refractivity contribution is 5.76. The van der Waals surface area contributed by atoms with Crippen molar-refractivity contribution in [3.05, 3.63) is 36.5 Å². The van der Waals surface area contributed by atoms with Gasteiger partial charge in [-0.05, 0) is 83.5 Å². The molecule has 0 saturated heterocycles. The van der Waals surface area contributed by atoms with Crippen LogP contribution in [0.2, 0.25) is 0 Å². The van der Waals surface area contributed by atoms with E-state index < -0.39 is 12.1 Å². The smallest absolute Gasteiger partial charge is 0.305 e. The Morgan fingerprint density at radius 2 is 0.725 bits per heavy atom. The molecule has 0 aromatic heterocycles. The first kappa shape index (κ1) is 67.1. The summed E-state index contributed by atoms with van der Waals surface area (Å²) in [6, 6.07) is -0.549. The number of aliphatic hydroxyl groups excluding tert-OH is 2. The molecule has 0 saturated carbocycles. The molecule has 3 N–H and O–H groups in total. The van der Waals surface area contributed by atoms with Crippen LogP contribution in [-0.2, 0) is 14.3 Å². The first-order valence-electron chi connectivity index (χ1n) is 30.7. The van der Waals surface area contributed by atoms with E-state index >= 15 is 0 Å². The molecule has 0 rings (SSSR count). The quantitative estimate of drug-likeness (QED) is 0.0321. The molecule has 2 unspecified atom stereocenters. The van der Waals surface area contributed by atoms with Crippen molar-refractivity contribution < 1.29 is 24.5 Å². The highest BCUT2D eigenvalue weighted by atomic mass is 16.5. The van der Waals surface area contributed by atoms with Gasteiger partial charge in [0.05, 0.1) is 25.4 Å². The van der Waals surface area contributed by atoms with E-state index in [2.05, 4.69) is 55.6 Å². The number of esters is 1. The Morgan fingerprint density at radius 3 is 1.12 bits per heavy atom. The van der Waals surface area contributed by atoms with E-state index in [4.69, 9.17) is 4.74 Å². The van der Waals surface area contributed by atoms with Crippen molar-refractivity contribution in [3.63, 3.8) is 0 Å². The maximum absolute atomic E-state index is 12.5. The summed E-state index contributed by atoms with van der Waals surface area (Å²) in [4.78, 5) is 24.5. The molecular formula is C63H119NO5. The second kappa shape index (κ2) is 58.6. The van der Waals surface area contributed by atoms with Crippen molar-refractivity contribution >= 4 is 11.9 Å². The summed E-state index contributed by atoms with van der Waals surface area (Å²) in [5.74, 6) is -0.0456. The second-order valence-electron chi connectivity index (χ2n) is 21.0. The van der Waals surface area contributed by atoms with E-state index in [1.54, 1.807) is 0 Å². The maximum atomic E-state index is 12.5. The Bertz CT molecular complexity index is 1120. The van der Waals surface area contributed by atoms with E-state index in [1.165, 1.54) is 238 Å². The van der Waals surface area contributed by atoms with Gasteiger partial charge in [-0.2, -0.15) is 0 Å². The van der Waals surface area contributed by atoms with Crippen molar-refractivity contribution in [3.8, 4) is 0 Å². The largest absolute Gasteiger partial charge is 0.466 e. The Morgan fingerprint density at radius 1 is 0.406 bits per heavy atom. The van der Waals surface area contributed by atoms with Gasteiger partial charge in [-0.3, -0.25) is 9.59 Å². The van der Waals surface area contributed by atoms with Crippen LogP contribution >= 0.6 is 0 Å². The lowest BCUT2D eigenvalue weighted by Crippen LogP contribution is -2.45. The Balaban J connectivity index is 3.45. The molecule has 0 aliphatic heterocycles. The number of nitrogens with one attached hydrogen (secondary N) is 1. The lowest BCUT2D eigenvalue weighted by molar-refractivity contribution is -0.143. The number of carbonyl (C=O) groups excluding carboxylic acids is 2. The van der Waals surface area contributed by atoms with Crippen molar-refractivity contribution in [1.82, 2.24) is 5.32 Å². The summed E-state index contributed by atoms with van der Waals surface area (Å²) in [6.07, 6.45) is 72.9. The Labute approximate surface area is 430 Å². The van der Waals surface area contributed by atoms with Gasteiger partial charge >= 0.3 is 5.97 Å². The van der Waals surface area contributed by atoms with Crippen LogP contribution in [0.25, 0.3) is 0 Å². The number of hydrogen-bond acceptors (Lipinski definition) is 5. The minimum absolute atomic E-state index is 0.000868. The number of aliphatic hydroxyl groups is 2. The van der Waals surface area contributed by atoms with Gasteiger partial charge in [-0.1, -0.05) is 269 Å². The average molecular weight is 971 g/mol. The minimum atomic E-state index is -0.671. The Kier molecular flexibility index (Phi) is 57.0. The third kappa shape index (κ3) is 55.2. The van der Waals surface area contributed by atoms with Crippen molar-refractivity contribution in [1.29, 1.82) is 0 Å². The fourth-order valence-electron chi connectivity index (χ4n) is 9.43. The van der Waals surface area contributed by atoms with Crippen LogP contribution in [0.15, 0.2) is 36.5 Å². The van der Waals surface area contributed by atoms with Gasteiger partial charge in [0.2, 0.25) is 5.91 Å². The lowest BCUT2D eigenvalue weighted by Gasteiger charge is -2.22. The number of unbranched alkanes of at least 4 members (excludes halogenated alkanes) is 40. The van der Waals surface area contributed by atoms with Crippen LogP contribution in [0, 0.1) is 0 Å². The number of hydrogen-bond donors (Lipinski definition) is 3.